The number of ether oxygens (including phenoxy) is 2. The lowest BCUT2D eigenvalue weighted by Gasteiger charge is -2.12. The van der Waals surface area contributed by atoms with Crippen LogP contribution < -0.4 is 10.3 Å². The number of rotatable bonds is 4. The number of hydrogen-bond donors (Lipinski definition) is 1. The Kier molecular flexibility index (Phi) is 4.32. The van der Waals surface area contributed by atoms with E-state index in [4.69, 9.17) is 0 Å². The molecule has 1 N–H and O–H groups in total. The van der Waals surface area contributed by atoms with Crippen LogP contribution in [0.5, 0.6) is 5.75 Å². The summed E-state index contributed by atoms with van der Waals surface area (Å²) in [4.78, 5) is 33.5. The van der Waals surface area contributed by atoms with Gasteiger partial charge in [0.25, 0.3) is 5.56 Å². The second-order valence-corrected chi connectivity index (χ2v) is 3.38. The van der Waals surface area contributed by atoms with E-state index in [1.807, 2.05) is 4.98 Å². The first kappa shape index (κ1) is 15.5. The highest BCUT2D eigenvalue weighted by molar-refractivity contribution is 5.73. The zero-order chi connectivity index (χ0) is 15.5. The van der Waals surface area contributed by atoms with Gasteiger partial charge < -0.3 is 14.5 Å². The normalized spacial score (nSPS) is 11.0. The summed E-state index contributed by atoms with van der Waals surface area (Å²) >= 11 is 0. The van der Waals surface area contributed by atoms with E-state index in [0.717, 1.165) is 7.11 Å². The smallest absolute Gasteiger partial charge is 0.469 e. The van der Waals surface area contributed by atoms with Crippen LogP contribution in [0.1, 0.15) is 5.69 Å². The zero-order valence-corrected chi connectivity index (χ0v) is 9.82. The van der Waals surface area contributed by atoms with Gasteiger partial charge in [-0.15, -0.1) is 13.2 Å². The third-order valence-corrected chi connectivity index (χ3v) is 2.01. The van der Waals surface area contributed by atoms with E-state index in [2.05, 4.69) is 9.47 Å². The summed E-state index contributed by atoms with van der Waals surface area (Å²) in [7, 11) is 0.960. The minimum atomic E-state index is -5.23. The Bertz CT molecular complexity index is 594. The lowest BCUT2D eigenvalue weighted by atomic mass is 10.2. The summed E-state index contributed by atoms with van der Waals surface area (Å²) in [6.45, 7) is 0. The highest BCUT2D eigenvalue weighted by Gasteiger charge is 2.37. The van der Waals surface area contributed by atoms with Crippen LogP contribution in [0.2, 0.25) is 0 Å². The summed E-state index contributed by atoms with van der Waals surface area (Å²) in [5, 5.41) is 10.7. The van der Waals surface area contributed by atoms with Crippen LogP contribution in [-0.2, 0) is 16.0 Å². The Hall–Kier alpha value is -2.59. The molecular weight excluding hydrogens is 289 g/mol. The van der Waals surface area contributed by atoms with Crippen molar-refractivity contribution in [2.45, 2.75) is 12.8 Å². The molecule has 0 aliphatic heterocycles. The molecule has 0 atom stereocenters. The molecule has 1 heterocycles. The number of esters is 1. The molecule has 0 bridgehead atoms. The first-order valence-corrected chi connectivity index (χ1v) is 4.87. The summed E-state index contributed by atoms with van der Waals surface area (Å²) in [5.74, 6) is -2.26. The molecule has 20 heavy (non-hydrogen) atoms. The second kappa shape index (κ2) is 5.59. The lowest BCUT2D eigenvalue weighted by molar-refractivity contribution is -0.388. The standard InChI is InChI=1S/C9H7F3N2O6/c1-19-7(16)2-4-8(20-9(10,11)12)5(14(17)18)3-6(15)13-4/h3H,2H2,1H3,(H,13,15). The molecule has 0 radical (unpaired) electrons. The number of carbonyl (C=O) groups excluding carboxylic acids is 1. The van der Waals surface area contributed by atoms with E-state index in [-0.39, 0.29) is 0 Å². The Balaban J connectivity index is 3.42. The fraction of sp³-hybridized carbons (Fsp3) is 0.333. The first-order valence-electron chi connectivity index (χ1n) is 4.87. The van der Waals surface area contributed by atoms with Gasteiger partial charge in [0, 0.05) is 0 Å². The van der Waals surface area contributed by atoms with Gasteiger partial charge in [0.2, 0.25) is 5.75 Å². The van der Waals surface area contributed by atoms with Crippen LogP contribution in [0.3, 0.4) is 0 Å². The number of aromatic nitrogens is 1. The maximum Gasteiger partial charge on any atom is 0.573 e. The third kappa shape index (κ3) is 3.96. The van der Waals surface area contributed by atoms with Gasteiger partial charge in [0.05, 0.1) is 30.2 Å². The Labute approximate surface area is 108 Å². The average molecular weight is 296 g/mol. The summed E-state index contributed by atoms with van der Waals surface area (Å²) in [6.07, 6.45) is -6.05. The number of nitrogens with zero attached hydrogens (tertiary/aromatic N) is 1. The molecule has 0 unspecified atom stereocenters. The van der Waals surface area contributed by atoms with Gasteiger partial charge in [-0.05, 0) is 0 Å². The van der Waals surface area contributed by atoms with Gasteiger partial charge in [-0.2, -0.15) is 0 Å². The number of pyridine rings is 1. The SMILES string of the molecule is COC(=O)Cc1[nH]c(=O)cc([N+](=O)[O-])c1OC(F)(F)F. The average Bonchev–Trinajstić information content (AvgIpc) is 2.30. The van der Waals surface area contributed by atoms with Gasteiger partial charge in [-0.25, -0.2) is 0 Å². The van der Waals surface area contributed by atoms with Crippen molar-refractivity contribution >= 4 is 11.7 Å². The van der Waals surface area contributed by atoms with Gasteiger partial charge in [-0.1, -0.05) is 0 Å². The quantitative estimate of drug-likeness (QED) is 0.502. The van der Waals surface area contributed by atoms with E-state index >= 15 is 0 Å². The Morgan fingerprint density at radius 1 is 1.50 bits per heavy atom. The number of methoxy groups -OCH3 is 1. The maximum atomic E-state index is 12.2. The number of hydrogen-bond acceptors (Lipinski definition) is 6. The van der Waals surface area contributed by atoms with E-state index in [1.165, 1.54) is 0 Å². The number of H-pyrrole nitrogens is 1. The number of nitrogens with one attached hydrogen (secondary N) is 1. The summed E-state index contributed by atoms with van der Waals surface area (Å²) in [5.41, 5.74) is -2.96. The summed E-state index contributed by atoms with van der Waals surface area (Å²) < 4.78 is 44.4. The van der Waals surface area contributed by atoms with Crippen LogP contribution in [0.25, 0.3) is 0 Å². The molecule has 0 fully saturated rings. The molecule has 1 aromatic heterocycles. The van der Waals surface area contributed by atoms with Gasteiger partial charge in [-0.3, -0.25) is 19.7 Å². The predicted octanol–water partition coefficient (Wildman–Crippen LogP) is 0.897. The number of aromatic amines is 1. The van der Waals surface area contributed by atoms with E-state index in [1.54, 1.807) is 0 Å². The molecule has 0 spiro atoms. The second-order valence-electron chi connectivity index (χ2n) is 3.38. The molecule has 11 heteroatoms. The van der Waals surface area contributed by atoms with Crippen LogP contribution in [0.4, 0.5) is 18.9 Å². The van der Waals surface area contributed by atoms with Crippen molar-refractivity contribution in [3.05, 3.63) is 32.2 Å². The number of nitro groups is 1. The van der Waals surface area contributed by atoms with Crippen molar-refractivity contribution in [2.75, 3.05) is 7.11 Å². The highest BCUT2D eigenvalue weighted by atomic mass is 19.4. The van der Waals surface area contributed by atoms with Crippen LogP contribution in [0, 0.1) is 10.1 Å². The molecule has 1 aromatic rings. The molecular formula is C9H7F3N2O6. The fourth-order valence-corrected chi connectivity index (χ4v) is 1.29. The summed E-state index contributed by atoms with van der Waals surface area (Å²) in [6, 6.07) is 0.321. The predicted molar refractivity (Wildman–Crippen MR) is 56.1 cm³/mol. The van der Waals surface area contributed by atoms with Gasteiger partial charge in [0.15, 0.2) is 0 Å². The van der Waals surface area contributed by atoms with Crippen molar-refractivity contribution < 1.29 is 32.4 Å². The van der Waals surface area contributed by atoms with Gasteiger partial charge >= 0.3 is 18.0 Å². The Morgan fingerprint density at radius 3 is 2.55 bits per heavy atom. The van der Waals surface area contributed by atoms with Crippen molar-refractivity contribution in [2.24, 2.45) is 0 Å². The maximum absolute atomic E-state index is 12.2. The van der Waals surface area contributed by atoms with E-state index < -0.39 is 46.4 Å². The van der Waals surface area contributed by atoms with Crippen LogP contribution in [0.15, 0.2) is 10.9 Å². The van der Waals surface area contributed by atoms with Crippen molar-refractivity contribution in [1.82, 2.24) is 4.98 Å². The largest absolute Gasteiger partial charge is 0.573 e. The number of halogens is 3. The van der Waals surface area contributed by atoms with Crippen LogP contribution >= 0.6 is 0 Å². The van der Waals surface area contributed by atoms with Crippen molar-refractivity contribution in [1.29, 1.82) is 0 Å². The van der Waals surface area contributed by atoms with Crippen molar-refractivity contribution in [3.8, 4) is 5.75 Å². The minimum absolute atomic E-state index is 0.321. The number of alkyl halides is 3. The van der Waals surface area contributed by atoms with E-state index in [9.17, 15) is 32.9 Å². The van der Waals surface area contributed by atoms with Crippen molar-refractivity contribution in [3.63, 3.8) is 0 Å². The topological polar surface area (TPSA) is 112 Å². The minimum Gasteiger partial charge on any atom is -0.469 e. The molecule has 0 saturated heterocycles. The molecule has 8 nitrogen and oxygen atoms in total. The first-order chi connectivity index (χ1) is 9.14. The molecule has 110 valence electrons. The van der Waals surface area contributed by atoms with E-state index in [0.29, 0.717) is 6.07 Å². The molecule has 0 aliphatic carbocycles. The molecule has 0 aliphatic rings. The molecule has 1 rings (SSSR count). The Morgan fingerprint density at radius 2 is 2.10 bits per heavy atom. The van der Waals surface area contributed by atoms with Gasteiger partial charge in [0.1, 0.15) is 0 Å². The zero-order valence-electron chi connectivity index (χ0n) is 9.82. The molecule has 0 amide bonds. The lowest BCUT2D eigenvalue weighted by Crippen LogP contribution is -2.23. The molecule has 0 saturated carbocycles. The number of carbonyl (C=O) groups is 1. The highest BCUT2D eigenvalue weighted by Crippen LogP contribution is 2.33. The van der Waals surface area contributed by atoms with Crippen LogP contribution in [-0.4, -0.2) is 29.3 Å². The monoisotopic (exact) mass is 296 g/mol. The third-order valence-electron chi connectivity index (χ3n) is 2.01. The fourth-order valence-electron chi connectivity index (χ4n) is 1.29. The molecule has 0 aromatic carbocycles.